The smallest absolute Gasteiger partial charge is 0.358 e. The molecular formula is C11H6N2O4. The van der Waals surface area contributed by atoms with Gasteiger partial charge in [-0.25, -0.2) is 4.79 Å². The molecule has 0 unspecified atom stereocenters. The molecule has 3 rings (SSSR count). The first-order chi connectivity index (χ1) is 8.24. The van der Waals surface area contributed by atoms with Gasteiger partial charge in [-0.15, -0.1) is 0 Å². The van der Waals surface area contributed by atoms with E-state index in [0.717, 1.165) is 10.9 Å². The highest BCUT2D eigenvalue weighted by molar-refractivity contribution is 5.87. The normalized spacial score (nSPS) is 10.8. The van der Waals surface area contributed by atoms with Crippen molar-refractivity contribution in [3.8, 4) is 11.3 Å². The molecule has 0 saturated carbocycles. The Morgan fingerprint density at radius 2 is 2.12 bits per heavy atom. The van der Waals surface area contributed by atoms with Gasteiger partial charge < -0.3 is 14.2 Å². The van der Waals surface area contributed by atoms with E-state index < -0.39 is 5.97 Å². The summed E-state index contributed by atoms with van der Waals surface area (Å²) in [5.41, 5.74) is 1.26. The predicted octanol–water partition coefficient (Wildman–Crippen LogP) is 2.18. The topological polar surface area (TPSA) is 89.4 Å². The SMILES string of the molecule is O=C(O)c1cc(-c2ccc3oncc3c2)on1. The Morgan fingerprint density at radius 1 is 1.24 bits per heavy atom. The number of carboxylic acids is 1. The largest absolute Gasteiger partial charge is 0.476 e. The summed E-state index contributed by atoms with van der Waals surface area (Å²) >= 11 is 0. The second-order valence-corrected chi connectivity index (χ2v) is 3.46. The van der Waals surface area contributed by atoms with E-state index >= 15 is 0 Å². The van der Waals surface area contributed by atoms with Gasteiger partial charge in [0.15, 0.2) is 17.0 Å². The minimum absolute atomic E-state index is 0.120. The van der Waals surface area contributed by atoms with Gasteiger partial charge in [0, 0.05) is 17.0 Å². The van der Waals surface area contributed by atoms with Crippen molar-refractivity contribution in [2.75, 3.05) is 0 Å². The fraction of sp³-hybridized carbons (Fsp3) is 0. The van der Waals surface area contributed by atoms with Crippen molar-refractivity contribution >= 4 is 16.9 Å². The van der Waals surface area contributed by atoms with Gasteiger partial charge in [0.05, 0.1) is 6.20 Å². The van der Waals surface area contributed by atoms with Crippen LogP contribution in [0.15, 0.2) is 39.5 Å². The van der Waals surface area contributed by atoms with Crippen LogP contribution < -0.4 is 0 Å². The number of rotatable bonds is 2. The number of carbonyl (C=O) groups is 1. The molecule has 0 saturated heterocycles. The number of aromatic nitrogens is 2. The summed E-state index contributed by atoms with van der Waals surface area (Å²) in [5.74, 6) is -0.725. The molecule has 6 nitrogen and oxygen atoms in total. The quantitative estimate of drug-likeness (QED) is 0.725. The molecule has 0 spiro atoms. The van der Waals surface area contributed by atoms with Crippen LogP contribution >= 0.6 is 0 Å². The van der Waals surface area contributed by atoms with Crippen LogP contribution in [-0.4, -0.2) is 21.4 Å². The van der Waals surface area contributed by atoms with Crippen molar-refractivity contribution in [2.45, 2.75) is 0 Å². The van der Waals surface area contributed by atoms with Crippen LogP contribution in [0, 0.1) is 0 Å². The van der Waals surface area contributed by atoms with Crippen molar-refractivity contribution in [1.29, 1.82) is 0 Å². The molecule has 2 aromatic heterocycles. The Morgan fingerprint density at radius 3 is 2.88 bits per heavy atom. The maximum atomic E-state index is 10.7. The van der Waals surface area contributed by atoms with E-state index in [4.69, 9.17) is 14.2 Å². The third-order valence-electron chi connectivity index (χ3n) is 2.37. The fourth-order valence-electron chi connectivity index (χ4n) is 1.54. The zero-order valence-corrected chi connectivity index (χ0v) is 8.45. The summed E-state index contributed by atoms with van der Waals surface area (Å²) in [6.07, 6.45) is 1.58. The first kappa shape index (κ1) is 9.59. The van der Waals surface area contributed by atoms with E-state index in [0.29, 0.717) is 11.3 Å². The van der Waals surface area contributed by atoms with Crippen molar-refractivity contribution in [3.63, 3.8) is 0 Å². The number of nitrogens with zero attached hydrogens (tertiary/aromatic N) is 2. The van der Waals surface area contributed by atoms with Gasteiger partial charge in [0.25, 0.3) is 0 Å². The second-order valence-electron chi connectivity index (χ2n) is 3.46. The Labute approximate surface area is 94.4 Å². The Bertz CT molecular complexity index is 698. The molecule has 0 radical (unpaired) electrons. The minimum Gasteiger partial charge on any atom is -0.476 e. The standard InChI is InChI=1S/C11H6N2O4/c14-11(15)8-4-10(17-13-8)6-1-2-9-7(3-6)5-12-16-9/h1-5H,(H,14,15). The summed E-state index contributed by atoms with van der Waals surface area (Å²) in [5, 5.41) is 16.7. The molecule has 0 aliphatic carbocycles. The van der Waals surface area contributed by atoms with Crippen LogP contribution in [0.5, 0.6) is 0 Å². The molecule has 84 valence electrons. The van der Waals surface area contributed by atoms with Crippen LogP contribution in [0.4, 0.5) is 0 Å². The van der Waals surface area contributed by atoms with Crippen molar-refractivity contribution in [1.82, 2.24) is 10.3 Å². The zero-order chi connectivity index (χ0) is 11.8. The van der Waals surface area contributed by atoms with Gasteiger partial charge in [0.2, 0.25) is 0 Å². The van der Waals surface area contributed by atoms with E-state index in [2.05, 4.69) is 10.3 Å². The van der Waals surface area contributed by atoms with Gasteiger partial charge in [0.1, 0.15) is 0 Å². The van der Waals surface area contributed by atoms with E-state index in [9.17, 15) is 4.79 Å². The Balaban J connectivity index is 2.09. The summed E-state index contributed by atoms with van der Waals surface area (Å²) in [7, 11) is 0. The molecule has 0 aliphatic heterocycles. The second kappa shape index (κ2) is 3.44. The van der Waals surface area contributed by atoms with E-state index in [1.165, 1.54) is 6.07 Å². The number of benzene rings is 1. The Hall–Kier alpha value is -2.63. The van der Waals surface area contributed by atoms with E-state index in [1.807, 2.05) is 0 Å². The summed E-state index contributed by atoms with van der Waals surface area (Å²) in [6.45, 7) is 0. The number of hydrogen-bond donors (Lipinski definition) is 1. The molecule has 0 amide bonds. The lowest BCUT2D eigenvalue weighted by molar-refractivity contribution is 0.0686. The number of hydrogen-bond acceptors (Lipinski definition) is 5. The first-order valence-electron chi connectivity index (χ1n) is 4.79. The molecule has 0 bridgehead atoms. The lowest BCUT2D eigenvalue weighted by Gasteiger charge is -1.93. The Kier molecular flexibility index (Phi) is 1.94. The van der Waals surface area contributed by atoms with Gasteiger partial charge in [-0.1, -0.05) is 10.3 Å². The highest BCUT2D eigenvalue weighted by Crippen LogP contribution is 2.24. The third kappa shape index (κ3) is 1.55. The molecular weight excluding hydrogens is 224 g/mol. The molecule has 1 N–H and O–H groups in total. The molecule has 3 aromatic rings. The lowest BCUT2D eigenvalue weighted by Crippen LogP contribution is -1.94. The van der Waals surface area contributed by atoms with Crippen LogP contribution in [-0.2, 0) is 0 Å². The predicted molar refractivity (Wildman–Crippen MR) is 56.5 cm³/mol. The fourth-order valence-corrected chi connectivity index (χ4v) is 1.54. The van der Waals surface area contributed by atoms with Crippen molar-refractivity contribution in [3.05, 3.63) is 36.2 Å². The maximum Gasteiger partial charge on any atom is 0.358 e. The van der Waals surface area contributed by atoms with E-state index in [1.54, 1.807) is 24.4 Å². The van der Waals surface area contributed by atoms with Crippen LogP contribution in [0.2, 0.25) is 0 Å². The summed E-state index contributed by atoms with van der Waals surface area (Å²) in [4.78, 5) is 10.7. The highest BCUT2D eigenvalue weighted by atomic mass is 16.5. The molecule has 0 fully saturated rings. The maximum absolute atomic E-state index is 10.7. The van der Waals surface area contributed by atoms with Gasteiger partial charge in [-0.3, -0.25) is 0 Å². The first-order valence-corrected chi connectivity index (χ1v) is 4.79. The van der Waals surface area contributed by atoms with Crippen molar-refractivity contribution < 1.29 is 18.9 Å². The van der Waals surface area contributed by atoms with Gasteiger partial charge >= 0.3 is 5.97 Å². The van der Waals surface area contributed by atoms with Gasteiger partial charge in [-0.05, 0) is 18.2 Å². The van der Waals surface area contributed by atoms with Gasteiger partial charge in [-0.2, -0.15) is 0 Å². The van der Waals surface area contributed by atoms with Crippen LogP contribution in [0.1, 0.15) is 10.5 Å². The average Bonchev–Trinajstić information content (AvgIpc) is 2.97. The number of aromatic carboxylic acids is 1. The molecule has 17 heavy (non-hydrogen) atoms. The molecule has 6 heteroatoms. The van der Waals surface area contributed by atoms with E-state index in [-0.39, 0.29) is 5.69 Å². The number of carboxylic acid groups (broad SMARTS) is 1. The molecule has 1 aromatic carbocycles. The summed E-state index contributed by atoms with van der Waals surface area (Å²) in [6, 6.07) is 6.65. The average molecular weight is 230 g/mol. The molecule has 2 heterocycles. The monoisotopic (exact) mass is 230 g/mol. The van der Waals surface area contributed by atoms with Crippen molar-refractivity contribution in [2.24, 2.45) is 0 Å². The molecule has 0 atom stereocenters. The highest BCUT2D eigenvalue weighted by Gasteiger charge is 2.12. The number of fused-ring (bicyclic) bond motifs is 1. The lowest BCUT2D eigenvalue weighted by atomic mass is 10.1. The molecule has 0 aliphatic rings. The van der Waals surface area contributed by atoms with Crippen LogP contribution in [0.25, 0.3) is 22.3 Å². The summed E-state index contributed by atoms with van der Waals surface area (Å²) < 4.78 is 9.92. The zero-order valence-electron chi connectivity index (χ0n) is 8.45. The third-order valence-corrected chi connectivity index (χ3v) is 2.37. The minimum atomic E-state index is -1.12. The van der Waals surface area contributed by atoms with Crippen LogP contribution in [0.3, 0.4) is 0 Å².